The van der Waals surface area contributed by atoms with Crippen molar-refractivity contribution < 1.29 is 0 Å². The summed E-state index contributed by atoms with van der Waals surface area (Å²) in [5.41, 5.74) is 0. The van der Waals surface area contributed by atoms with E-state index >= 15 is 0 Å². The van der Waals surface area contributed by atoms with Gasteiger partial charge < -0.3 is 5.32 Å². The van der Waals surface area contributed by atoms with Crippen molar-refractivity contribution in [1.82, 2.24) is 5.32 Å². The Kier molecular flexibility index (Phi) is 4.86. The Hall–Kier alpha value is -0.550. The van der Waals surface area contributed by atoms with E-state index in [1.807, 2.05) is 0 Å². The molecule has 1 N–H and O–H groups in total. The molecule has 17 heavy (non-hydrogen) atoms. The highest BCUT2D eigenvalue weighted by Gasteiger charge is 2.28. The Morgan fingerprint density at radius 3 is 2.41 bits per heavy atom. The Balaban J connectivity index is 1.67. The van der Waals surface area contributed by atoms with Gasteiger partial charge >= 0.3 is 0 Å². The molecule has 2 nitrogen and oxygen atoms in total. The molecule has 0 radical (unpaired) electrons. The van der Waals surface area contributed by atoms with Gasteiger partial charge in [-0.3, -0.25) is 0 Å². The lowest BCUT2D eigenvalue weighted by molar-refractivity contribution is 0.253. The number of hydrogen-bond acceptors (Lipinski definition) is 2. The van der Waals surface area contributed by atoms with Crippen LogP contribution in [-0.2, 0) is 0 Å². The van der Waals surface area contributed by atoms with E-state index in [0.29, 0.717) is 6.04 Å². The van der Waals surface area contributed by atoms with E-state index in [2.05, 4.69) is 18.3 Å². The van der Waals surface area contributed by atoms with Gasteiger partial charge in [0, 0.05) is 6.04 Å². The SMILES string of the molecule is CCC1CCC(CNC2CCCC2C#N)CC1. The zero-order valence-electron chi connectivity index (χ0n) is 11.1. The highest BCUT2D eigenvalue weighted by atomic mass is 14.9. The predicted molar refractivity (Wildman–Crippen MR) is 70.5 cm³/mol. The topological polar surface area (TPSA) is 35.8 Å². The summed E-state index contributed by atoms with van der Waals surface area (Å²) in [4.78, 5) is 0. The van der Waals surface area contributed by atoms with Gasteiger partial charge in [-0.05, 0) is 44.1 Å². The van der Waals surface area contributed by atoms with Crippen LogP contribution in [0.3, 0.4) is 0 Å². The van der Waals surface area contributed by atoms with Gasteiger partial charge in [0.2, 0.25) is 0 Å². The van der Waals surface area contributed by atoms with Crippen LogP contribution in [-0.4, -0.2) is 12.6 Å². The fourth-order valence-electron chi connectivity index (χ4n) is 3.52. The lowest BCUT2D eigenvalue weighted by Crippen LogP contribution is -2.36. The number of nitrogens with one attached hydrogen (secondary N) is 1. The van der Waals surface area contributed by atoms with Crippen LogP contribution in [0.1, 0.15) is 58.3 Å². The molecule has 0 spiro atoms. The molecule has 2 rings (SSSR count). The second-order valence-corrected chi connectivity index (χ2v) is 5.98. The molecular formula is C15H26N2. The van der Waals surface area contributed by atoms with Crippen molar-refractivity contribution in [1.29, 1.82) is 5.26 Å². The van der Waals surface area contributed by atoms with Crippen molar-refractivity contribution in [3.63, 3.8) is 0 Å². The number of hydrogen-bond donors (Lipinski definition) is 1. The average Bonchev–Trinajstić information content (AvgIpc) is 2.84. The fraction of sp³-hybridized carbons (Fsp3) is 0.933. The number of nitriles is 1. The van der Waals surface area contributed by atoms with E-state index in [4.69, 9.17) is 5.26 Å². The molecule has 0 amide bonds. The third-order valence-corrected chi connectivity index (χ3v) is 4.89. The zero-order chi connectivity index (χ0) is 12.1. The minimum Gasteiger partial charge on any atom is -0.312 e. The quantitative estimate of drug-likeness (QED) is 0.808. The molecule has 0 aliphatic heterocycles. The number of rotatable bonds is 4. The summed E-state index contributed by atoms with van der Waals surface area (Å²) in [5, 5.41) is 12.7. The zero-order valence-corrected chi connectivity index (χ0v) is 11.1. The molecule has 2 aliphatic rings. The van der Waals surface area contributed by atoms with Gasteiger partial charge in [0.15, 0.2) is 0 Å². The molecule has 0 saturated heterocycles. The van der Waals surface area contributed by atoms with Gasteiger partial charge in [0.05, 0.1) is 12.0 Å². The molecule has 2 heteroatoms. The summed E-state index contributed by atoms with van der Waals surface area (Å²) in [6.45, 7) is 3.47. The maximum atomic E-state index is 9.05. The molecule has 0 aromatic carbocycles. The highest BCUT2D eigenvalue weighted by Crippen LogP contribution is 2.31. The van der Waals surface area contributed by atoms with Crippen molar-refractivity contribution in [2.24, 2.45) is 17.8 Å². The first-order chi connectivity index (χ1) is 8.33. The van der Waals surface area contributed by atoms with Gasteiger partial charge in [0.1, 0.15) is 0 Å². The minimum atomic E-state index is 0.280. The molecule has 0 heterocycles. The minimum absolute atomic E-state index is 0.280. The Bertz CT molecular complexity index is 261. The average molecular weight is 234 g/mol. The smallest absolute Gasteiger partial charge is 0.0672 e. The monoisotopic (exact) mass is 234 g/mol. The largest absolute Gasteiger partial charge is 0.312 e. The van der Waals surface area contributed by atoms with Crippen molar-refractivity contribution in [3.05, 3.63) is 0 Å². The Morgan fingerprint density at radius 1 is 1.06 bits per heavy atom. The van der Waals surface area contributed by atoms with Crippen LogP contribution in [0.5, 0.6) is 0 Å². The van der Waals surface area contributed by atoms with Crippen molar-refractivity contribution in [2.75, 3.05) is 6.54 Å². The van der Waals surface area contributed by atoms with Crippen molar-refractivity contribution in [3.8, 4) is 6.07 Å². The van der Waals surface area contributed by atoms with E-state index < -0.39 is 0 Å². The van der Waals surface area contributed by atoms with Crippen LogP contribution in [0, 0.1) is 29.1 Å². The molecular weight excluding hydrogens is 208 g/mol. The van der Waals surface area contributed by atoms with Gasteiger partial charge in [-0.25, -0.2) is 0 Å². The first-order valence-corrected chi connectivity index (χ1v) is 7.46. The normalized spacial score (nSPS) is 37.9. The van der Waals surface area contributed by atoms with Crippen molar-refractivity contribution in [2.45, 2.75) is 64.3 Å². The van der Waals surface area contributed by atoms with Gasteiger partial charge in [-0.2, -0.15) is 5.26 Å². The molecule has 2 unspecified atom stereocenters. The Morgan fingerprint density at radius 2 is 1.76 bits per heavy atom. The molecule has 0 aromatic rings. The van der Waals surface area contributed by atoms with Crippen LogP contribution < -0.4 is 5.32 Å². The van der Waals surface area contributed by atoms with Crippen LogP contribution in [0.4, 0.5) is 0 Å². The van der Waals surface area contributed by atoms with Gasteiger partial charge in [-0.15, -0.1) is 0 Å². The lowest BCUT2D eigenvalue weighted by Gasteiger charge is -2.29. The summed E-state index contributed by atoms with van der Waals surface area (Å²) >= 11 is 0. The van der Waals surface area contributed by atoms with E-state index in [9.17, 15) is 0 Å². The molecule has 0 bridgehead atoms. The maximum Gasteiger partial charge on any atom is 0.0672 e. The maximum absolute atomic E-state index is 9.05. The molecule has 0 aromatic heterocycles. The highest BCUT2D eigenvalue weighted by molar-refractivity contribution is 4.96. The standard InChI is InChI=1S/C15H26N2/c1-2-12-6-8-13(9-7-12)11-17-15-5-3-4-14(15)10-16/h12-15,17H,2-9,11H2,1H3. The number of nitrogens with zero attached hydrogens (tertiary/aromatic N) is 1. The molecule has 2 atom stereocenters. The molecule has 2 aliphatic carbocycles. The summed E-state index contributed by atoms with van der Waals surface area (Å²) in [6.07, 6.45) is 10.6. The third-order valence-electron chi connectivity index (χ3n) is 4.89. The van der Waals surface area contributed by atoms with E-state index in [-0.39, 0.29) is 5.92 Å². The fourth-order valence-corrected chi connectivity index (χ4v) is 3.52. The lowest BCUT2D eigenvalue weighted by atomic mass is 9.81. The van der Waals surface area contributed by atoms with Gasteiger partial charge in [-0.1, -0.05) is 32.6 Å². The summed E-state index contributed by atoms with van der Waals surface area (Å²) in [6, 6.07) is 2.95. The molecule has 96 valence electrons. The molecule has 2 saturated carbocycles. The third kappa shape index (κ3) is 3.45. The van der Waals surface area contributed by atoms with Crippen LogP contribution >= 0.6 is 0 Å². The predicted octanol–water partition coefficient (Wildman–Crippen LogP) is 3.48. The Labute approximate surface area is 106 Å². The van der Waals surface area contributed by atoms with Crippen molar-refractivity contribution >= 4 is 0 Å². The summed E-state index contributed by atoms with van der Waals surface area (Å²) < 4.78 is 0. The first kappa shape index (κ1) is 12.9. The van der Waals surface area contributed by atoms with E-state index in [1.54, 1.807) is 0 Å². The summed E-state index contributed by atoms with van der Waals surface area (Å²) in [7, 11) is 0. The first-order valence-electron chi connectivity index (χ1n) is 7.46. The second kappa shape index (κ2) is 6.40. The van der Waals surface area contributed by atoms with Crippen LogP contribution in [0.25, 0.3) is 0 Å². The van der Waals surface area contributed by atoms with E-state index in [0.717, 1.165) is 24.8 Å². The van der Waals surface area contributed by atoms with Gasteiger partial charge in [0.25, 0.3) is 0 Å². The van der Waals surface area contributed by atoms with Crippen LogP contribution in [0.2, 0.25) is 0 Å². The van der Waals surface area contributed by atoms with Crippen LogP contribution in [0.15, 0.2) is 0 Å². The summed E-state index contributed by atoms with van der Waals surface area (Å²) in [5.74, 6) is 2.14. The second-order valence-electron chi connectivity index (χ2n) is 5.98. The van der Waals surface area contributed by atoms with E-state index in [1.165, 1.54) is 44.9 Å². The molecule has 2 fully saturated rings.